The lowest BCUT2D eigenvalue weighted by Gasteiger charge is -2.28. The SMILES string of the molecule is CC(=O)N1C[C@H](O)C[C@@H]1c1nc(-c2ccc(N3CCOCC3)cc2)c2cnc3[nH]cc(Cl)c3n12. The summed E-state index contributed by atoms with van der Waals surface area (Å²) in [5, 5.41) is 10.9. The van der Waals surface area contributed by atoms with E-state index >= 15 is 0 Å². The minimum atomic E-state index is -0.600. The number of morpholine rings is 1. The number of carbonyl (C=O) groups excluding carboxylic acids is 1. The molecule has 2 saturated heterocycles. The first-order chi connectivity index (χ1) is 16.5. The molecule has 0 saturated carbocycles. The number of H-pyrrole nitrogens is 1. The molecule has 1 aromatic carbocycles. The molecular weight excluding hydrogens is 456 g/mol. The topological polar surface area (TPSA) is 99.0 Å². The molecule has 0 radical (unpaired) electrons. The molecule has 0 spiro atoms. The molecule has 0 aliphatic carbocycles. The Morgan fingerprint density at radius 2 is 2.00 bits per heavy atom. The average molecular weight is 481 g/mol. The first-order valence-electron chi connectivity index (χ1n) is 11.4. The second-order valence-electron chi connectivity index (χ2n) is 8.85. The van der Waals surface area contributed by atoms with Gasteiger partial charge in [0.1, 0.15) is 11.3 Å². The van der Waals surface area contributed by atoms with Gasteiger partial charge in [-0.1, -0.05) is 23.7 Å². The summed E-state index contributed by atoms with van der Waals surface area (Å²) in [6, 6.07) is 7.96. The number of likely N-dealkylation sites (tertiary alicyclic amines) is 1. The van der Waals surface area contributed by atoms with E-state index in [0.717, 1.165) is 48.8 Å². The highest BCUT2D eigenvalue weighted by molar-refractivity contribution is 6.35. The number of anilines is 1. The van der Waals surface area contributed by atoms with Gasteiger partial charge in [0.15, 0.2) is 5.65 Å². The maximum absolute atomic E-state index is 12.4. The number of β-amino-alcohol motifs (C(OH)–C–C–N with tert-alkyl or cyclic N) is 1. The van der Waals surface area contributed by atoms with Crippen LogP contribution in [0.2, 0.25) is 5.02 Å². The number of aromatic amines is 1. The molecule has 10 heteroatoms. The smallest absolute Gasteiger partial charge is 0.220 e. The van der Waals surface area contributed by atoms with E-state index < -0.39 is 6.10 Å². The van der Waals surface area contributed by atoms with Crippen LogP contribution < -0.4 is 4.90 Å². The quantitative estimate of drug-likeness (QED) is 0.467. The monoisotopic (exact) mass is 480 g/mol. The molecule has 2 atom stereocenters. The van der Waals surface area contributed by atoms with Crippen molar-refractivity contribution in [2.45, 2.75) is 25.5 Å². The molecule has 4 aromatic rings. The number of hydrogen-bond donors (Lipinski definition) is 2. The van der Waals surface area contributed by atoms with Gasteiger partial charge in [-0.25, -0.2) is 9.97 Å². The lowest BCUT2D eigenvalue weighted by atomic mass is 10.1. The zero-order valence-corrected chi connectivity index (χ0v) is 19.5. The predicted octanol–water partition coefficient (Wildman–Crippen LogP) is 3.02. The lowest BCUT2D eigenvalue weighted by Crippen LogP contribution is -2.36. The maximum Gasteiger partial charge on any atom is 0.220 e. The third-order valence-electron chi connectivity index (χ3n) is 6.76. The Hall–Kier alpha value is -3.14. The normalized spacial score (nSPS) is 21.1. The van der Waals surface area contributed by atoms with Crippen LogP contribution in [0.1, 0.15) is 25.2 Å². The molecule has 1 amide bonds. The average Bonchev–Trinajstić information content (AvgIpc) is 3.54. The van der Waals surface area contributed by atoms with E-state index in [2.05, 4.69) is 39.1 Å². The van der Waals surface area contributed by atoms with Crippen molar-refractivity contribution >= 4 is 39.9 Å². The summed E-state index contributed by atoms with van der Waals surface area (Å²) in [5.41, 5.74) is 5.00. The molecule has 2 aliphatic rings. The van der Waals surface area contributed by atoms with Crippen molar-refractivity contribution in [1.29, 1.82) is 0 Å². The van der Waals surface area contributed by atoms with Gasteiger partial charge in [-0.3, -0.25) is 9.20 Å². The third-order valence-corrected chi connectivity index (χ3v) is 7.05. The number of nitrogens with zero attached hydrogens (tertiary/aromatic N) is 5. The molecule has 2 fully saturated rings. The van der Waals surface area contributed by atoms with Gasteiger partial charge in [0.05, 0.1) is 47.8 Å². The minimum absolute atomic E-state index is 0.0971. The largest absolute Gasteiger partial charge is 0.391 e. The van der Waals surface area contributed by atoms with Crippen molar-refractivity contribution in [3.63, 3.8) is 0 Å². The minimum Gasteiger partial charge on any atom is -0.391 e. The molecule has 2 aliphatic heterocycles. The van der Waals surface area contributed by atoms with Gasteiger partial charge in [-0.15, -0.1) is 0 Å². The Balaban J connectivity index is 1.51. The summed E-state index contributed by atoms with van der Waals surface area (Å²) in [4.78, 5) is 29.1. The van der Waals surface area contributed by atoms with Crippen molar-refractivity contribution in [2.75, 3.05) is 37.7 Å². The summed E-state index contributed by atoms with van der Waals surface area (Å²) < 4.78 is 7.44. The van der Waals surface area contributed by atoms with Crippen LogP contribution in [0.4, 0.5) is 5.69 Å². The molecule has 0 bridgehead atoms. The molecule has 34 heavy (non-hydrogen) atoms. The standard InChI is InChI=1S/C24H25ClN6O3/c1-14(32)30-13-17(33)10-19(30)24-28-21(20-12-27-23-22(31(20)24)18(25)11-26-23)15-2-4-16(5-3-15)29-6-8-34-9-7-29/h2-5,11-12,17,19,26,33H,6-10,13H2,1H3/t17-,19-/m1/s1. The Kier molecular flexibility index (Phi) is 5.20. The summed E-state index contributed by atoms with van der Waals surface area (Å²) in [7, 11) is 0. The molecule has 0 unspecified atom stereocenters. The Morgan fingerprint density at radius 1 is 1.24 bits per heavy atom. The summed E-state index contributed by atoms with van der Waals surface area (Å²) >= 11 is 6.55. The van der Waals surface area contributed by atoms with Gasteiger partial charge in [0, 0.05) is 50.4 Å². The molecular formula is C24H25ClN6O3. The van der Waals surface area contributed by atoms with Crippen LogP contribution in [0.5, 0.6) is 0 Å². The zero-order chi connectivity index (χ0) is 23.4. The Labute approximate surface area is 200 Å². The van der Waals surface area contributed by atoms with Crippen LogP contribution in [0.3, 0.4) is 0 Å². The van der Waals surface area contributed by atoms with Gasteiger partial charge in [0.25, 0.3) is 0 Å². The van der Waals surface area contributed by atoms with Crippen LogP contribution in [0.15, 0.2) is 36.7 Å². The van der Waals surface area contributed by atoms with Crippen LogP contribution in [0, 0.1) is 0 Å². The van der Waals surface area contributed by atoms with E-state index in [-0.39, 0.29) is 18.5 Å². The van der Waals surface area contributed by atoms with Gasteiger partial charge >= 0.3 is 0 Å². The highest BCUT2D eigenvalue weighted by Crippen LogP contribution is 2.38. The van der Waals surface area contributed by atoms with Crippen molar-refractivity contribution in [3.05, 3.63) is 47.5 Å². The number of nitrogens with one attached hydrogen (secondary N) is 1. The van der Waals surface area contributed by atoms with E-state index in [1.165, 1.54) is 6.92 Å². The summed E-state index contributed by atoms with van der Waals surface area (Å²) in [6.45, 7) is 5.01. The van der Waals surface area contributed by atoms with Gasteiger partial charge < -0.3 is 24.6 Å². The Morgan fingerprint density at radius 3 is 2.74 bits per heavy atom. The predicted molar refractivity (Wildman–Crippen MR) is 129 cm³/mol. The molecule has 5 heterocycles. The van der Waals surface area contributed by atoms with Gasteiger partial charge in [-0.2, -0.15) is 0 Å². The second-order valence-corrected chi connectivity index (χ2v) is 9.26. The first kappa shape index (κ1) is 21.4. The van der Waals surface area contributed by atoms with Crippen LogP contribution in [-0.2, 0) is 9.53 Å². The van der Waals surface area contributed by atoms with Crippen molar-refractivity contribution < 1.29 is 14.6 Å². The van der Waals surface area contributed by atoms with Crippen LogP contribution >= 0.6 is 11.6 Å². The molecule has 9 nitrogen and oxygen atoms in total. The highest BCUT2D eigenvalue weighted by Gasteiger charge is 2.37. The van der Waals surface area contributed by atoms with E-state index in [0.29, 0.717) is 28.4 Å². The fourth-order valence-corrected chi connectivity index (χ4v) is 5.35. The van der Waals surface area contributed by atoms with Crippen LogP contribution in [-0.4, -0.2) is 74.2 Å². The van der Waals surface area contributed by atoms with E-state index in [1.807, 2.05) is 4.40 Å². The number of carbonyl (C=O) groups is 1. The number of rotatable bonds is 3. The number of amides is 1. The summed E-state index contributed by atoms with van der Waals surface area (Å²) in [5.74, 6) is 0.572. The van der Waals surface area contributed by atoms with E-state index in [1.54, 1.807) is 17.3 Å². The van der Waals surface area contributed by atoms with Gasteiger partial charge in [-0.05, 0) is 12.1 Å². The molecule has 6 rings (SSSR count). The van der Waals surface area contributed by atoms with Crippen molar-refractivity contribution in [3.8, 4) is 11.3 Å². The number of aliphatic hydroxyl groups excluding tert-OH is 1. The zero-order valence-electron chi connectivity index (χ0n) is 18.7. The van der Waals surface area contributed by atoms with Crippen molar-refractivity contribution in [2.24, 2.45) is 0 Å². The number of benzene rings is 1. The van der Waals surface area contributed by atoms with E-state index in [9.17, 15) is 9.90 Å². The highest BCUT2D eigenvalue weighted by atomic mass is 35.5. The number of aliphatic hydroxyl groups is 1. The van der Waals surface area contributed by atoms with Gasteiger partial charge in [0.2, 0.25) is 5.91 Å². The third kappa shape index (κ3) is 3.43. The Bertz CT molecular complexity index is 1380. The number of aromatic nitrogens is 4. The number of halogens is 1. The second kappa shape index (κ2) is 8.26. The molecule has 176 valence electrons. The molecule has 2 N–H and O–H groups in total. The van der Waals surface area contributed by atoms with Crippen molar-refractivity contribution in [1.82, 2.24) is 24.3 Å². The fourth-order valence-electron chi connectivity index (χ4n) is 5.12. The lowest BCUT2D eigenvalue weighted by molar-refractivity contribution is -0.130. The number of imidazole rings is 1. The summed E-state index contributed by atoms with van der Waals surface area (Å²) in [6.07, 6.45) is 3.29. The number of hydrogen-bond acceptors (Lipinski definition) is 6. The maximum atomic E-state index is 12.4. The number of fused-ring (bicyclic) bond motifs is 3. The van der Waals surface area contributed by atoms with E-state index in [4.69, 9.17) is 21.3 Å². The fraction of sp³-hybridized carbons (Fsp3) is 0.375. The first-order valence-corrected chi connectivity index (χ1v) is 11.8. The number of ether oxygens (including phenoxy) is 1. The van der Waals surface area contributed by atoms with Crippen LogP contribution in [0.25, 0.3) is 27.9 Å². The molecule has 3 aromatic heterocycles.